The molecule has 2 rings (SSSR count). The van der Waals surface area contributed by atoms with Gasteiger partial charge in [0.05, 0.1) is 18.2 Å². The highest BCUT2D eigenvalue weighted by Gasteiger charge is 2.33. The number of halogens is 3. The van der Waals surface area contributed by atoms with Gasteiger partial charge in [0.2, 0.25) is 6.33 Å². The maximum Gasteiger partial charge on any atom is 0.490 e. The number of benzene rings is 1. The quantitative estimate of drug-likeness (QED) is 0.670. The summed E-state index contributed by atoms with van der Waals surface area (Å²) in [5, 5.41) is 23.8. The first kappa shape index (κ1) is 15.9. The second-order valence-corrected chi connectivity index (χ2v) is 4.54. The minimum Gasteiger partial charge on any atom is -0.391 e. The first-order valence-electron chi connectivity index (χ1n) is 6.14. The summed E-state index contributed by atoms with van der Waals surface area (Å²) in [6.07, 6.45) is -4.92. The van der Waals surface area contributed by atoms with Gasteiger partial charge in [-0.05, 0) is 16.6 Å². The molecule has 1 atom stereocenters. The Kier molecular flexibility index (Phi) is 4.40. The molecule has 0 aliphatic heterocycles. The van der Waals surface area contributed by atoms with Crippen LogP contribution in [0.2, 0.25) is 0 Å². The Morgan fingerprint density at radius 3 is 2.64 bits per heavy atom. The van der Waals surface area contributed by atoms with E-state index < -0.39 is 28.7 Å². The molecule has 1 N–H and O–H groups in total. The predicted molar refractivity (Wildman–Crippen MR) is 67.8 cm³/mol. The van der Waals surface area contributed by atoms with Crippen molar-refractivity contribution in [2.24, 2.45) is 0 Å². The third-order valence-corrected chi connectivity index (χ3v) is 2.86. The molecule has 10 heteroatoms. The van der Waals surface area contributed by atoms with E-state index in [1.54, 1.807) is 0 Å². The molecule has 0 spiro atoms. The zero-order chi connectivity index (χ0) is 16.3. The third-order valence-electron chi connectivity index (χ3n) is 2.86. The Bertz CT molecular complexity index is 672. The van der Waals surface area contributed by atoms with Crippen LogP contribution < -0.4 is 0 Å². The van der Waals surface area contributed by atoms with E-state index in [0.717, 1.165) is 17.1 Å². The van der Waals surface area contributed by atoms with Gasteiger partial charge in [-0.25, -0.2) is 0 Å². The molecule has 7 nitrogen and oxygen atoms in total. The molecule has 2 aromatic rings. The van der Waals surface area contributed by atoms with Gasteiger partial charge in [0.25, 0.3) is 0 Å². The Balaban J connectivity index is 2.09. The van der Waals surface area contributed by atoms with Crippen LogP contribution in [0.15, 0.2) is 30.6 Å². The summed E-state index contributed by atoms with van der Waals surface area (Å²) in [6, 6.07) is 4.91. The fourth-order valence-electron chi connectivity index (χ4n) is 1.97. The van der Waals surface area contributed by atoms with E-state index in [4.69, 9.17) is 0 Å². The molecule has 0 fully saturated rings. The fraction of sp³-hybridized carbons (Fsp3) is 0.333. The molecule has 0 amide bonds. The molecule has 1 aromatic heterocycles. The number of hydrogen-bond acceptors (Lipinski definition) is 5. The van der Waals surface area contributed by atoms with Crippen LogP contribution in [0.4, 0.5) is 19.1 Å². The molecule has 0 aliphatic carbocycles. The Labute approximate surface area is 122 Å². The van der Waals surface area contributed by atoms with Gasteiger partial charge in [-0.2, -0.15) is 17.9 Å². The average Bonchev–Trinajstić information content (AvgIpc) is 2.86. The highest BCUT2D eigenvalue weighted by Crippen LogP contribution is 2.32. The lowest BCUT2D eigenvalue weighted by molar-refractivity contribution is -0.394. The molecule has 0 saturated carbocycles. The zero-order valence-corrected chi connectivity index (χ0v) is 11.1. The maximum atomic E-state index is 12.8. The van der Waals surface area contributed by atoms with Crippen molar-refractivity contribution in [3.05, 3.63) is 51.8 Å². The molecule has 0 saturated heterocycles. The van der Waals surface area contributed by atoms with Crippen molar-refractivity contribution in [2.75, 3.05) is 0 Å². The summed E-state index contributed by atoms with van der Waals surface area (Å²) < 4.78 is 39.5. The number of rotatable bonds is 5. The van der Waals surface area contributed by atoms with Crippen LogP contribution in [-0.4, -0.2) is 30.9 Å². The van der Waals surface area contributed by atoms with Gasteiger partial charge in [0.15, 0.2) is 0 Å². The number of aromatic nitrogens is 3. The van der Waals surface area contributed by atoms with E-state index in [9.17, 15) is 28.4 Å². The molecule has 0 radical (unpaired) electrons. The Morgan fingerprint density at radius 1 is 1.36 bits per heavy atom. The van der Waals surface area contributed by atoms with Crippen molar-refractivity contribution >= 4 is 5.95 Å². The van der Waals surface area contributed by atoms with Crippen LogP contribution in [0, 0.1) is 10.1 Å². The topological polar surface area (TPSA) is 94.1 Å². The van der Waals surface area contributed by atoms with Gasteiger partial charge in [0, 0.05) is 11.5 Å². The van der Waals surface area contributed by atoms with E-state index in [1.807, 2.05) is 0 Å². The summed E-state index contributed by atoms with van der Waals surface area (Å²) in [4.78, 5) is 13.0. The van der Waals surface area contributed by atoms with Crippen LogP contribution in [0.25, 0.3) is 0 Å². The number of aliphatic hydroxyl groups excluding tert-OH is 1. The molecule has 0 bridgehead atoms. The lowest BCUT2D eigenvalue weighted by Crippen LogP contribution is -2.21. The van der Waals surface area contributed by atoms with Crippen molar-refractivity contribution in [1.82, 2.24) is 14.8 Å². The number of aliphatic hydroxyl groups is 1. The van der Waals surface area contributed by atoms with Crippen molar-refractivity contribution in [3.8, 4) is 0 Å². The smallest absolute Gasteiger partial charge is 0.391 e. The van der Waals surface area contributed by atoms with Gasteiger partial charge in [-0.15, -0.1) is 0 Å². The number of nitrogens with zero attached hydrogens (tertiary/aromatic N) is 4. The van der Waals surface area contributed by atoms with Crippen LogP contribution in [-0.2, 0) is 19.1 Å². The first-order chi connectivity index (χ1) is 10.3. The molecule has 118 valence electrons. The highest BCUT2D eigenvalue weighted by atomic mass is 19.4. The van der Waals surface area contributed by atoms with Crippen LogP contribution >= 0.6 is 0 Å². The summed E-state index contributed by atoms with van der Waals surface area (Å²) >= 11 is 0. The van der Waals surface area contributed by atoms with Gasteiger partial charge in [0.1, 0.15) is 0 Å². The number of hydrogen-bond donors (Lipinski definition) is 1. The highest BCUT2D eigenvalue weighted by molar-refractivity contribution is 5.30. The van der Waals surface area contributed by atoms with Crippen molar-refractivity contribution in [1.29, 1.82) is 0 Å². The molecule has 0 unspecified atom stereocenters. The molecule has 1 aromatic carbocycles. The standard InChI is InChI=1S/C12H11F3N4O3/c13-12(14,15)10-4-2-1-3-8(10)5-9(20)6-18-7-16-11(17-18)19(21)22/h1-4,7,9,20H,5-6H2/t9-/m0/s1. The monoisotopic (exact) mass is 316 g/mol. The van der Waals surface area contributed by atoms with Gasteiger partial charge in [-0.3, -0.25) is 0 Å². The number of alkyl halides is 3. The van der Waals surface area contributed by atoms with Crippen LogP contribution in [0.3, 0.4) is 0 Å². The van der Waals surface area contributed by atoms with E-state index in [1.165, 1.54) is 18.2 Å². The predicted octanol–water partition coefficient (Wildman–Crippen LogP) is 1.81. The summed E-state index contributed by atoms with van der Waals surface area (Å²) in [5.74, 6) is -0.636. The Morgan fingerprint density at radius 2 is 2.05 bits per heavy atom. The summed E-state index contributed by atoms with van der Waals surface area (Å²) in [5.41, 5.74) is -0.879. The molecule has 22 heavy (non-hydrogen) atoms. The largest absolute Gasteiger partial charge is 0.490 e. The SMILES string of the molecule is O=[N+]([O-])c1ncn(C[C@@H](O)Cc2ccccc2C(F)(F)F)n1. The molecular weight excluding hydrogens is 305 g/mol. The van der Waals surface area contributed by atoms with E-state index in [0.29, 0.717) is 0 Å². The molecule has 1 heterocycles. The first-order valence-corrected chi connectivity index (χ1v) is 6.14. The molecular formula is C12H11F3N4O3. The van der Waals surface area contributed by atoms with Crippen molar-refractivity contribution in [3.63, 3.8) is 0 Å². The van der Waals surface area contributed by atoms with Gasteiger partial charge >= 0.3 is 12.1 Å². The minimum atomic E-state index is -4.51. The van der Waals surface area contributed by atoms with Gasteiger partial charge < -0.3 is 15.2 Å². The van der Waals surface area contributed by atoms with Crippen molar-refractivity contribution in [2.45, 2.75) is 25.2 Å². The average molecular weight is 316 g/mol. The lowest BCUT2D eigenvalue weighted by atomic mass is 10.0. The van der Waals surface area contributed by atoms with Crippen LogP contribution in [0.1, 0.15) is 11.1 Å². The Hall–Kier alpha value is -2.49. The zero-order valence-electron chi connectivity index (χ0n) is 11.1. The van der Waals surface area contributed by atoms with E-state index in [-0.39, 0.29) is 18.5 Å². The lowest BCUT2D eigenvalue weighted by Gasteiger charge is -2.15. The molecule has 0 aliphatic rings. The van der Waals surface area contributed by atoms with Gasteiger partial charge in [-0.1, -0.05) is 23.2 Å². The van der Waals surface area contributed by atoms with E-state index in [2.05, 4.69) is 10.1 Å². The minimum absolute atomic E-state index is 0.0582. The van der Waals surface area contributed by atoms with E-state index >= 15 is 0 Å². The normalized spacial score (nSPS) is 13.1. The third kappa shape index (κ3) is 3.79. The number of nitro groups is 1. The second kappa shape index (κ2) is 6.10. The second-order valence-electron chi connectivity index (χ2n) is 4.54. The summed E-state index contributed by atoms with van der Waals surface area (Å²) in [6.45, 7) is -0.201. The summed E-state index contributed by atoms with van der Waals surface area (Å²) in [7, 11) is 0. The van der Waals surface area contributed by atoms with Crippen molar-refractivity contribution < 1.29 is 23.2 Å². The maximum absolute atomic E-state index is 12.8. The van der Waals surface area contributed by atoms with Crippen LogP contribution in [0.5, 0.6) is 0 Å². The fourth-order valence-corrected chi connectivity index (χ4v) is 1.97.